The first kappa shape index (κ1) is 17.7. The van der Waals surface area contributed by atoms with Crippen LogP contribution in [0, 0.1) is 0 Å². The van der Waals surface area contributed by atoms with Crippen molar-refractivity contribution in [1.29, 1.82) is 0 Å². The van der Waals surface area contributed by atoms with E-state index in [0.29, 0.717) is 37.2 Å². The van der Waals surface area contributed by atoms with E-state index in [0.717, 1.165) is 29.0 Å². The third kappa shape index (κ3) is 4.17. The lowest BCUT2D eigenvalue weighted by Gasteiger charge is -2.00. The average Bonchev–Trinajstić information content (AvgIpc) is 3.33. The highest BCUT2D eigenvalue weighted by Gasteiger charge is 2.35. The van der Waals surface area contributed by atoms with Gasteiger partial charge in [-0.25, -0.2) is 4.98 Å². The van der Waals surface area contributed by atoms with Crippen LogP contribution in [0.15, 0.2) is 65.1 Å². The van der Waals surface area contributed by atoms with Crippen LogP contribution in [0.1, 0.15) is 32.1 Å². The molecule has 3 aromatic rings. The van der Waals surface area contributed by atoms with Crippen LogP contribution in [-0.2, 0) is 11.2 Å². The molecule has 0 spiro atoms. The van der Waals surface area contributed by atoms with Crippen molar-refractivity contribution in [2.45, 2.75) is 44.7 Å². The Morgan fingerprint density at radius 1 is 1.00 bits per heavy atom. The molecule has 0 aliphatic carbocycles. The summed E-state index contributed by atoms with van der Waals surface area (Å²) in [6, 6.07) is 20.9. The summed E-state index contributed by atoms with van der Waals surface area (Å²) in [5.74, 6) is 1.65. The van der Waals surface area contributed by atoms with Crippen molar-refractivity contribution < 1.29 is 9.21 Å². The molecule has 0 bridgehead atoms. The average molecular weight is 360 g/mol. The maximum Gasteiger partial charge on any atom is 0.195 e. The number of oxazole rings is 1. The quantitative estimate of drug-likeness (QED) is 0.594. The summed E-state index contributed by atoms with van der Waals surface area (Å²) in [5.41, 5.74) is 2.85. The van der Waals surface area contributed by atoms with Crippen molar-refractivity contribution >= 4 is 5.78 Å². The molecule has 1 N–H and O–H groups in total. The van der Waals surface area contributed by atoms with Gasteiger partial charge in [0, 0.05) is 42.5 Å². The van der Waals surface area contributed by atoms with Crippen LogP contribution < -0.4 is 5.32 Å². The number of benzene rings is 2. The number of carbonyl (C=O) groups is 1. The molecule has 1 aliphatic heterocycles. The van der Waals surface area contributed by atoms with E-state index in [1.807, 2.05) is 60.7 Å². The number of carbonyl (C=O) groups excluding carboxylic acids is 1. The topological polar surface area (TPSA) is 65.0 Å². The SMILES string of the molecule is CCC1NC1CC(=O)CCc1nc(-c2ccccc2)c(-c2ccccc2)o1. The van der Waals surface area contributed by atoms with E-state index in [4.69, 9.17) is 9.40 Å². The molecule has 4 nitrogen and oxygen atoms in total. The Morgan fingerprint density at radius 2 is 1.67 bits per heavy atom. The zero-order chi connectivity index (χ0) is 18.6. The van der Waals surface area contributed by atoms with Gasteiger partial charge in [-0.2, -0.15) is 0 Å². The molecule has 1 saturated heterocycles. The second-order valence-electron chi connectivity index (χ2n) is 7.05. The maximum atomic E-state index is 12.3. The predicted molar refractivity (Wildman–Crippen MR) is 106 cm³/mol. The van der Waals surface area contributed by atoms with Gasteiger partial charge in [0.1, 0.15) is 11.5 Å². The van der Waals surface area contributed by atoms with Crippen molar-refractivity contribution in [3.05, 3.63) is 66.6 Å². The smallest absolute Gasteiger partial charge is 0.195 e. The number of aryl methyl sites for hydroxylation is 1. The van der Waals surface area contributed by atoms with Crippen LogP contribution in [-0.4, -0.2) is 22.9 Å². The molecule has 1 aliphatic rings. The number of nitrogens with one attached hydrogen (secondary N) is 1. The number of aromatic nitrogens is 1. The summed E-state index contributed by atoms with van der Waals surface area (Å²) in [4.78, 5) is 17.0. The standard InChI is InChI=1S/C23H24N2O2/c1-2-19-20(24-19)15-18(26)13-14-21-25-22(16-9-5-3-6-10-16)23(27-21)17-11-7-4-8-12-17/h3-12,19-20,24H,2,13-15H2,1H3. The van der Waals surface area contributed by atoms with Crippen molar-refractivity contribution in [3.63, 3.8) is 0 Å². The second-order valence-corrected chi connectivity index (χ2v) is 7.05. The van der Waals surface area contributed by atoms with E-state index >= 15 is 0 Å². The maximum absolute atomic E-state index is 12.3. The lowest BCUT2D eigenvalue weighted by atomic mass is 10.1. The van der Waals surface area contributed by atoms with Crippen molar-refractivity contribution in [2.75, 3.05) is 0 Å². The molecule has 4 rings (SSSR count). The Bertz CT molecular complexity index is 846. The first-order valence-corrected chi connectivity index (χ1v) is 9.63. The molecule has 138 valence electrons. The van der Waals surface area contributed by atoms with Gasteiger partial charge in [-0.1, -0.05) is 67.6 Å². The third-order valence-electron chi connectivity index (χ3n) is 5.06. The fraction of sp³-hybridized carbons (Fsp3) is 0.304. The van der Waals surface area contributed by atoms with E-state index in [9.17, 15) is 4.79 Å². The Balaban J connectivity index is 1.52. The molecule has 2 unspecified atom stereocenters. The van der Waals surface area contributed by atoms with Crippen LogP contribution in [0.4, 0.5) is 0 Å². The van der Waals surface area contributed by atoms with Gasteiger partial charge in [-0.3, -0.25) is 4.79 Å². The molecule has 0 amide bonds. The summed E-state index contributed by atoms with van der Waals surface area (Å²) in [7, 11) is 0. The first-order chi connectivity index (χ1) is 13.2. The number of rotatable bonds is 8. The molecule has 0 saturated carbocycles. The van der Waals surface area contributed by atoms with E-state index in [2.05, 4.69) is 12.2 Å². The highest BCUT2D eigenvalue weighted by Crippen LogP contribution is 2.33. The molecule has 1 aromatic heterocycles. The van der Waals surface area contributed by atoms with E-state index < -0.39 is 0 Å². The zero-order valence-corrected chi connectivity index (χ0v) is 15.5. The molecular weight excluding hydrogens is 336 g/mol. The van der Waals surface area contributed by atoms with Gasteiger partial charge in [0.05, 0.1) is 0 Å². The van der Waals surface area contributed by atoms with E-state index in [1.54, 1.807) is 0 Å². The third-order valence-corrected chi connectivity index (χ3v) is 5.06. The zero-order valence-electron chi connectivity index (χ0n) is 15.5. The van der Waals surface area contributed by atoms with Crippen LogP contribution in [0.3, 0.4) is 0 Å². The molecular formula is C23H24N2O2. The summed E-state index contributed by atoms with van der Waals surface area (Å²) < 4.78 is 6.09. The van der Waals surface area contributed by atoms with Gasteiger partial charge < -0.3 is 9.73 Å². The molecule has 0 radical (unpaired) electrons. The van der Waals surface area contributed by atoms with Crippen LogP contribution >= 0.6 is 0 Å². The lowest BCUT2D eigenvalue weighted by molar-refractivity contribution is -0.119. The van der Waals surface area contributed by atoms with Gasteiger partial charge in [-0.05, 0) is 6.42 Å². The summed E-state index contributed by atoms with van der Waals surface area (Å²) in [6.45, 7) is 2.14. The minimum atomic E-state index is 0.268. The Hall–Kier alpha value is -2.72. The van der Waals surface area contributed by atoms with Gasteiger partial charge >= 0.3 is 0 Å². The Labute approximate surface area is 159 Å². The van der Waals surface area contributed by atoms with E-state index in [1.165, 1.54) is 0 Å². The Kier molecular flexibility index (Phi) is 5.16. The molecule has 1 fully saturated rings. The molecule has 4 heteroatoms. The van der Waals surface area contributed by atoms with Crippen LogP contribution in [0.5, 0.6) is 0 Å². The molecule has 2 heterocycles. The lowest BCUT2D eigenvalue weighted by Crippen LogP contribution is -2.06. The molecule has 2 atom stereocenters. The number of Topliss-reactive ketones (excluding diaryl/α,β-unsaturated/α-hetero) is 1. The van der Waals surface area contributed by atoms with Crippen LogP contribution in [0.25, 0.3) is 22.6 Å². The van der Waals surface area contributed by atoms with Gasteiger partial charge in [-0.15, -0.1) is 0 Å². The van der Waals surface area contributed by atoms with Crippen LogP contribution in [0.2, 0.25) is 0 Å². The number of hydrogen-bond donors (Lipinski definition) is 1. The summed E-state index contributed by atoms with van der Waals surface area (Å²) in [5, 5.41) is 3.34. The van der Waals surface area contributed by atoms with Gasteiger partial charge in [0.15, 0.2) is 11.7 Å². The van der Waals surface area contributed by atoms with Gasteiger partial charge in [0.2, 0.25) is 0 Å². The normalized spacial score (nSPS) is 18.4. The van der Waals surface area contributed by atoms with Crippen molar-refractivity contribution in [1.82, 2.24) is 10.3 Å². The molecule has 27 heavy (non-hydrogen) atoms. The van der Waals surface area contributed by atoms with Crippen molar-refractivity contribution in [2.24, 2.45) is 0 Å². The monoisotopic (exact) mass is 360 g/mol. The number of hydrogen-bond acceptors (Lipinski definition) is 4. The minimum Gasteiger partial charge on any atom is -0.440 e. The summed E-state index contributed by atoms with van der Waals surface area (Å²) in [6.07, 6.45) is 2.70. The number of ketones is 1. The Morgan fingerprint density at radius 3 is 2.30 bits per heavy atom. The van der Waals surface area contributed by atoms with Crippen molar-refractivity contribution in [3.8, 4) is 22.6 Å². The van der Waals surface area contributed by atoms with E-state index in [-0.39, 0.29) is 5.78 Å². The fourth-order valence-electron chi connectivity index (χ4n) is 3.46. The second kappa shape index (κ2) is 7.89. The summed E-state index contributed by atoms with van der Waals surface area (Å²) >= 11 is 0. The highest BCUT2D eigenvalue weighted by atomic mass is 16.4. The first-order valence-electron chi connectivity index (χ1n) is 9.63. The minimum absolute atomic E-state index is 0.268. The predicted octanol–water partition coefficient (Wildman–Crippen LogP) is 4.65. The highest BCUT2D eigenvalue weighted by molar-refractivity contribution is 5.80. The van der Waals surface area contributed by atoms with Gasteiger partial charge in [0.25, 0.3) is 0 Å². The molecule has 2 aromatic carbocycles. The number of nitrogens with zero attached hydrogens (tertiary/aromatic N) is 1. The fourth-order valence-corrected chi connectivity index (χ4v) is 3.46. The largest absolute Gasteiger partial charge is 0.440 e.